The van der Waals surface area contributed by atoms with E-state index in [1.165, 1.54) is 10.4 Å². The molecule has 3 rings (SSSR count). The van der Waals surface area contributed by atoms with Gasteiger partial charge in [-0.1, -0.05) is 35.8 Å². The van der Waals surface area contributed by atoms with Crippen LogP contribution in [0.25, 0.3) is 6.08 Å². The summed E-state index contributed by atoms with van der Waals surface area (Å²) in [5.41, 5.74) is 2.51. The number of rotatable bonds is 6. The van der Waals surface area contributed by atoms with Crippen LogP contribution in [0, 0.1) is 6.92 Å². The second kappa shape index (κ2) is 8.69. The van der Waals surface area contributed by atoms with E-state index in [1.54, 1.807) is 32.1 Å². The molecule has 0 saturated carbocycles. The molecule has 0 aromatic heterocycles. The maximum Gasteiger partial charge on any atom is 0.255 e. The van der Waals surface area contributed by atoms with Crippen LogP contribution in [-0.4, -0.2) is 38.3 Å². The Morgan fingerprint density at radius 1 is 1.17 bits per heavy atom. The number of amides is 1. The highest BCUT2D eigenvalue weighted by Crippen LogP contribution is 2.30. The number of aryl methyl sites for hydroxylation is 1. The van der Waals surface area contributed by atoms with Crippen molar-refractivity contribution in [2.45, 2.75) is 25.7 Å². The molecule has 29 heavy (non-hydrogen) atoms. The molecule has 0 aliphatic carbocycles. The number of hydrogen-bond donors (Lipinski definition) is 1. The van der Waals surface area contributed by atoms with Gasteiger partial charge in [-0.3, -0.25) is 4.79 Å². The lowest BCUT2D eigenvalue weighted by Gasteiger charge is -2.20. The van der Waals surface area contributed by atoms with Crippen LogP contribution < -0.4 is 10.1 Å². The SMILES string of the molecule is CCN(CC)S(=O)(=O)c1ccc(C)c(NC(=O)C2=Cc3cc(Br)ccc3OC2)c1. The minimum atomic E-state index is -3.61. The number of ether oxygens (including phenoxy) is 1. The van der Waals surface area contributed by atoms with Crippen LogP contribution in [0.3, 0.4) is 0 Å². The average Bonchev–Trinajstić information content (AvgIpc) is 2.69. The Balaban J connectivity index is 1.88. The fourth-order valence-electron chi connectivity index (χ4n) is 3.09. The molecular formula is C21H23BrN2O4S. The second-order valence-electron chi connectivity index (χ2n) is 6.66. The summed E-state index contributed by atoms with van der Waals surface area (Å²) in [4.78, 5) is 12.9. The van der Waals surface area contributed by atoms with Crippen molar-refractivity contribution in [3.05, 3.63) is 57.6 Å². The number of benzene rings is 2. The Morgan fingerprint density at radius 2 is 1.90 bits per heavy atom. The minimum Gasteiger partial charge on any atom is -0.488 e. The average molecular weight is 479 g/mol. The van der Waals surface area contributed by atoms with E-state index in [1.807, 2.05) is 25.1 Å². The summed E-state index contributed by atoms with van der Waals surface area (Å²) >= 11 is 3.41. The van der Waals surface area contributed by atoms with Gasteiger partial charge in [-0.25, -0.2) is 8.42 Å². The van der Waals surface area contributed by atoms with Gasteiger partial charge in [-0.15, -0.1) is 0 Å². The van der Waals surface area contributed by atoms with Gasteiger partial charge in [0.15, 0.2) is 0 Å². The number of carbonyl (C=O) groups is 1. The zero-order valence-corrected chi connectivity index (χ0v) is 18.9. The summed E-state index contributed by atoms with van der Waals surface area (Å²) in [5.74, 6) is 0.393. The van der Waals surface area contributed by atoms with Crippen molar-refractivity contribution in [3.63, 3.8) is 0 Å². The molecule has 2 aromatic rings. The van der Waals surface area contributed by atoms with Gasteiger partial charge in [0.25, 0.3) is 5.91 Å². The highest BCUT2D eigenvalue weighted by Gasteiger charge is 2.23. The summed E-state index contributed by atoms with van der Waals surface area (Å²) in [6.07, 6.45) is 1.78. The van der Waals surface area contributed by atoms with Gasteiger partial charge in [0.05, 0.1) is 10.5 Å². The van der Waals surface area contributed by atoms with Crippen molar-refractivity contribution in [1.82, 2.24) is 4.31 Å². The normalized spacial score (nSPS) is 13.5. The first-order chi connectivity index (χ1) is 13.8. The molecule has 0 atom stereocenters. The zero-order valence-electron chi connectivity index (χ0n) is 16.5. The molecule has 1 N–H and O–H groups in total. The summed E-state index contributed by atoms with van der Waals surface area (Å²) in [7, 11) is -3.61. The van der Waals surface area contributed by atoms with Crippen LogP contribution in [0.5, 0.6) is 5.75 Å². The molecule has 8 heteroatoms. The van der Waals surface area contributed by atoms with E-state index in [0.29, 0.717) is 30.1 Å². The molecule has 0 fully saturated rings. The first-order valence-electron chi connectivity index (χ1n) is 9.31. The van der Waals surface area contributed by atoms with E-state index in [2.05, 4.69) is 21.2 Å². The monoisotopic (exact) mass is 478 g/mol. The fraction of sp³-hybridized carbons (Fsp3) is 0.286. The van der Waals surface area contributed by atoms with E-state index < -0.39 is 10.0 Å². The predicted molar refractivity (Wildman–Crippen MR) is 118 cm³/mol. The Morgan fingerprint density at radius 3 is 2.59 bits per heavy atom. The van der Waals surface area contributed by atoms with E-state index >= 15 is 0 Å². The molecular weight excluding hydrogens is 456 g/mol. The van der Waals surface area contributed by atoms with Gasteiger partial charge < -0.3 is 10.1 Å². The largest absolute Gasteiger partial charge is 0.488 e. The molecule has 1 aliphatic heterocycles. The second-order valence-corrected chi connectivity index (χ2v) is 9.51. The molecule has 0 spiro atoms. The zero-order chi connectivity index (χ0) is 21.2. The minimum absolute atomic E-state index is 0.150. The van der Waals surface area contributed by atoms with Gasteiger partial charge in [0, 0.05) is 28.8 Å². The third-order valence-corrected chi connectivity index (χ3v) is 7.32. The number of sulfonamides is 1. The lowest BCUT2D eigenvalue weighted by atomic mass is 10.1. The molecule has 0 radical (unpaired) electrons. The predicted octanol–water partition coefficient (Wildman–Crippen LogP) is 4.20. The van der Waals surface area contributed by atoms with Crippen LogP contribution in [-0.2, 0) is 14.8 Å². The summed E-state index contributed by atoms with van der Waals surface area (Å²) < 4.78 is 33.5. The molecule has 1 aliphatic rings. The van der Waals surface area contributed by atoms with E-state index in [9.17, 15) is 13.2 Å². The maximum absolute atomic E-state index is 12.8. The van der Waals surface area contributed by atoms with Crippen molar-refractivity contribution in [1.29, 1.82) is 0 Å². The van der Waals surface area contributed by atoms with Crippen molar-refractivity contribution >= 4 is 43.6 Å². The van der Waals surface area contributed by atoms with Crippen molar-refractivity contribution < 1.29 is 17.9 Å². The maximum atomic E-state index is 12.8. The highest BCUT2D eigenvalue weighted by molar-refractivity contribution is 9.10. The smallest absolute Gasteiger partial charge is 0.255 e. The highest BCUT2D eigenvalue weighted by atomic mass is 79.9. The number of carbonyl (C=O) groups excluding carboxylic acids is 1. The molecule has 1 heterocycles. The van der Waals surface area contributed by atoms with E-state index in [-0.39, 0.29) is 17.4 Å². The first kappa shape index (κ1) is 21.5. The van der Waals surface area contributed by atoms with Crippen LogP contribution in [0.2, 0.25) is 0 Å². The summed E-state index contributed by atoms with van der Waals surface area (Å²) in [5, 5.41) is 2.83. The van der Waals surface area contributed by atoms with Crippen molar-refractivity contribution in [3.8, 4) is 5.75 Å². The molecule has 154 valence electrons. The summed E-state index contributed by atoms with van der Waals surface area (Å²) in [6, 6.07) is 10.4. The number of fused-ring (bicyclic) bond motifs is 1. The Labute approximate surface area is 179 Å². The van der Waals surface area contributed by atoms with Gasteiger partial charge >= 0.3 is 0 Å². The van der Waals surface area contributed by atoms with Crippen LogP contribution >= 0.6 is 15.9 Å². The van der Waals surface area contributed by atoms with Gasteiger partial charge in [-0.2, -0.15) is 4.31 Å². The number of halogens is 1. The molecule has 0 bridgehead atoms. The van der Waals surface area contributed by atoms with Gasteiger partial charge in [0.2, 0.25) is 10.0 Å². The lowest BCUT2D eigenvalue weighted by molar-refractivity contribution is -0.113. The number of hydrogen-bond acceptors (Lipinski definition) is 4. The van der Waals surface area contributed by atoms with E-state index in [0.717, 1.165) is 15.6 Å². The summed E-state index contributed by atoms with van der Waals surface area (Å²) in [6.45, 7) is 6.33. The standard InChI is InChI=1S/C21H23BrN2O4S/c1-4-24(5-2)29(26,27)18-8-6-14(3)19(12-18)23-21(25)16-10-15-11-17(22)7-9-20(15)28-13-16/h6-12H,4-5,13H2,1-3H3,(H,23,25). The Bertz CT molecular complexity index is 1080. The lowest BCUT2D eigenvalue weighted by Crippen LogP contribution is -2.30. The molecule has 0 unspecified atom stereocenters. The third-order valence-electron chi connectivity index (χ3n) is 4.78. The third kappa shape index (κ3) is 4.55. The molecule has 2 aromatic carbocycles. The topological polar surface area (TPSA) is 75.7 Å². The Hall–Kier alpha value is -2.16. The number of nitrogens with one attached hydrogen (secondary N) is 1. The van der Waals surface area contributed by atoms with Gasteiger partial charge in [0.1, 0.15) is 12.4 Å². The fourth-order valence-corrected chi connectivity index (χ4v) is 4.95. The number of anilines is 1. The molecule has 0 saturated heterocycles. The number of nitrogens with zero attached hydrogens (tertiary/aromatic N) is 1. The first-order valence-corrected chi connectivity index (χ1v) is 11.5. The van der Waals surface area contributed by atoms with Crippen LogP contribution in [0.1, 0.15) is 25.0 Å². The van der Waals surface area contributed by atoms with Crippen LogP contribution in [0.4, 0.5) is 5.69 Å². The molecule has 6 nitrogen and oxygen atoms in total. The quantitative estimate of drug-likeness (QED) is 0.674. The van der Waals surface area contributed by atoms with E-state index in [4.69, 9.17) is 4.74 Å². The van der Waals surface area contributed by atoms with Crippen LogP contribution in [0.15, 0.2) is 51.3 Å². The van der Waals surface area contributed by atoms with Crippen molar-refractivity contribution in [2.75, 3.05) is 25.0 Å². The Kier molecular flexibility index (Phi) is 6.45. The van der Waals surface area contributed by atoms with Crippen molar-refractivity contribution in [2.24, 2.45) is 0 Å². The molecule has 1 amide bonds. The van der Waals surface area contributed by atoms with Gasteiger partial charge in [-0.05, 0) is 48.9 Å².